The molecule has 0 N–H and O–H groups in total. The molecule has 0 fully saturated rings. The Morgan fingerprint density at radius 3 is 2.64 bits per heavy atom. The van der Waals surface area contributed by atoms with Gasteiger partial charge in [-0.3, -0.25) is 0 Å². The van der Waals surface area contributed by atoms with E-state index in [1.165, 1.54) is 22.3 Å². The fourth-order valence-electron chi connectivity index (χ4n) is 2.01. The second-order valence-electron chi connectivity index (χ2n) is 3.79. The second-order valence-corrected chi connectivity index (χ2v) is 4.17. The first kappa shape index (κ1) is 9.79. The van der Waals surface area contributed by atoms with E-state index in [1.54, 1.807) is 0 Å². The molecule has 0 atom stereocenters. The van der Waals surface area contributed by atoms with Crippen molar-refractivity contribution >= 4 is 16.6 Å². The minimum Gasteiger partial charge on any atom is -0.0837 e. The molecule has 1 aliphatic carbocycles. The Hall–Kier alpha value is -0.750. The van der Waals surface area contributed by atoms with Crippen molar-refractivity contribution < 1.29 is 0 Å². The van der Waals surface area contributed by atoms with E-state index in [9.17, 15) is 0 Å². The highest BCUT2D eigenvalue weighted by atomic mass is 35.5. The molecule has 0 spiro atoms. The molecule has 1 aromatic rings. The van der Waals surface area contributed by atoms with Gasteiger partial charge in [-0.25, -0.2) is 0 Å². The van der Waals surface area contributed by atoms with Crippen LogP contribution in [-0.4, -0.2) is 0 Å². The molecule has 0 bridgehead atoms. The van der Waals surface area contributed by atoms with Crippen molar-refractivity contribution in [1.29, 1.82) is 0 Å². The number of aryl methyl sites for hydroxylation is 1. The lowest BCUT2D eigenvalue weighted by Crippen LogP contribution is -1.87. The van der Waals surface area contributed by atoms with Crippen molar-refractivity contribution in [2.45, 2.75) is 33.1 Å². The zero-order valence-electron chi connectivity index (χ0n) is 8.73. The van der Waals surface area contributed by atoms with Gasteiger partial charge >= 0.3 is 0 Å². The minimum absolute atomic E-state index is 0.991. The summed E-state index contributed by atoms with van der Waals surface area (Å²) in [4.78, 5) is 0. The van der Waals surface area contributed by atoms with Crippen LogP contribution in [0.15, 0.2) is 23.8 Å². The minimum atomic E-state index is 0.991. The lowest BCUT2D eigenvalue weighted by molar-refractivity contribution is 1.03. The molecule has 0 aromatic heterocycles. The summed E-state index contributed by atoms with van der Waals surface area (Å²) in [6.45, 7) is 4.36. The lowest BCUT2D eigenvalue weighted by Gasteiger charge is -2.02. The molecule has 0 saturated carbocycles. The summed E-state index contributed by atoms with van der Waals surface area (Å²) in [5, 5.41) is 0.991. The van der Waals surface area contributed by atoms with Crippen LogP contribution in [0.2, 0.25) is 0 Å². The Kier molecular flexibility index (Phi) is 2.64. The fraction of sp³-hybridized carbons (Fsp3) is 0.385. The summed E-state index contributed by atoms with van der Waals surface area (Å²) in [6.07, 6.45) is 3.22. The summed E-state index contributed by atoms with van der Waals surface area (Å²) in [5.41, 5.74) is 5.45. The molecule has 0 unspecified atom stereocenters. The average molecular weight is 207 g/mol. The molecular weight excluding hydrogens is 192 g/mol. The Labute approximate surface area is 90.6 Å². The van der Waals surface area contributed by atoms with Crippen LogP contribution in [0.5, 0.6) is 0 Å². The summed E-state index contributed by atoms with van der Waals surface area (Å²) in [7, 11) is 0. The number of benzene rings is 1. The van der Waals surface area contributed by atoms with Gasteiger partial charge in [-0.05, 0) is 41.5 Å². The average Bonchev–Trinajstić information content (AvgIpc) is 2.55. The predicted molar refractivity (Wildman–Crippen MR) is 62.6 cm³/mol. The number of hydrogen-bond acceptors (Lipinski definition) is 0. The van der Waals surface area contributed by atoms with E-state index in [0.717, 1.165) is 24.3 Å². The third kappa shape index (κ3) is 1.48. The van der Waals surface area contributed by atoms with Crippen molar-refractivity contribution in [2.75, 3.05) is 0 Å². The van der Waals surface area contributed by atoms with Gasteiger partial charge in [0.05, 0.1) is 0 Å². The Bertz CT molecular complexity index is 388. The normalized spacial score (nSPS) is 14.8. The number of allylic oxidation sites excluding steroid dienone is 1. The highest BCUT2D eigenvalue weighted by Gasteiger charge is 2.18. The SMILES string of the molecule is CCC1=C(Cl)c2ccc(CC)cc2C1. The zero-order valence-corrected chi connectivity index (χ0v) is 9.49. The quantitative estimate of drug-likeness (QED) is 0.682. The van der Waals surface area contributed by atoms with Crippen LogP contribution in [0.3, 0.4) is 0 Å². The molecule has 0 nitrogen and oxygen atoms in total. The van der Waals surface area contributed by atoms with Gasteiger partial charge in [-0.1, -0.05) is 43.6 Å². The molecular formula is C13H15Cl. The smallest absolute Gasteiger partial charge is 0.0476 e. The highest BCUT2D eigenvalue weighted by Crippen LogP contribution is 2.37. The van der Waals surface area contributed by atoms with Crippen molar-refractivity contribution in [3.05, 3.63) is 40.5 Å². The Morgan fingerprint density at radius 2 is 2.00 bits per heavy atom. The molecule has 1 heteroatoms. The van der Waals surface area contributed by atoms with Gasteiger partial charge in [0.15, 0.2) is 0 Å². The van der Waals surface area contributed by atoms with E-state index >= 15 is 0 Å². The number of hydrogen-bond donors (Lipinski definition) is 0. The third-order valence-corrected chi connectivity index (χ3v) is 3.43. The van der Waals surface area contributed by atoms with Crippen LogP contribution in [0.1, 0.15) is 37.0 Å². The largest absolute Gasteiger partial charge is 0.0837 e. The van der Waals surface area contributed by atoms with E-state index in [0.29, 0.717) is 0 Å². The topological polar surface area (TPSA) is 0 Å². The third-order valence-electron chi connectivity index (χ3n) is 2.96. The van der Waals surface area contributed by atoms with Crippen LogP contribution in [0, 0.1) is 0 Å². The highest BCUT2D eigenvalue weighted by molar-refractivity contribution is 6.50. The Balaban J connectivity index is 2.42. The maximum atomic E-state index is 6.28. The maximum Gasteiger partial charge on any atom is 0.0476 e. The summed E-state index contributed by atoms with van der Waals surface area (Å²) in [6, 6.07) is 6.64. The molecule has 14 heavy (non-hydrogen) atoms. The number of fused-ring (bicyclic) bond motifs is 1. The van der Waals surface area contributed by atoms with Crippen LogP contribution >= 0.6 is 11.6 Å². The van der Waals surface area contributed by atoms with Crippen molar-refractivity contribution in [3.63, 3.8) is 0 Å². The fourth-order valence-corrected chi connectivity index (χ4v) is 2.39. The first-order valence-electron chi connectivity index (χ1n) is 5.26. The van der Waals surface area contributed by atoms with E-state index in [2.05, 4.69) is 32.0 Å². The molecule has 0 saturated heterocycles. The molecule has 1 aliphatic rings. The molecule has 0 aliphatic heterocycles. The lowest BCUT2D eigenvalue weighted by atomic mass is 10.0. The summed E-state index contributed by atoms with van der Waals surface area (Å²) < 4.78 is 0. The van der Waals surface area contributed by atoms with Crippen molar-refractivity contribution in [3.8, 4) is 0 Å². The zero-order chi connectivity index (χ0) is 10.1. The van der Waals surface area contributed by atoms with Gasteiger partial charge in [0.25, 0.3) is 0 Å². The van der Waals surface area contributed by atoms with E-state index in [1.807, 2.05) is 0 Å². The predicted octanol–water partition coefficient (Wildman–Crippen LogP) is 4.17. The van der Waals surface area contributed by atoms with Gasteiger partial charge < -0.3 is 0 Å². The van der Waals surface area contributed by atoms with Crippen LogP contribution in [-0.2, 0) is 12.8 Å². The molecule has 74 valence electrons. The van der Waals surface area contributed by atoms with Crippen LogP contribution in [0.25, 0.3) is 5.03 Å². The van der Waals surface area contributed by atoms with Crippen molar-refractivity contribution in [1.82, 2.24) is 0 Å². The van der Waals surface area contributed by atoms with E-state index in [4.69, 9.17) is 11.6 Å². The van der Waals surface area contributed by atoms with Crippen LogP contribution < -0.4 is 0 Å². The van der Waals surface area contributed by atoms with E-state index < -0.39 is 0 Å². The van der Waals surface area contributed by atoms with Gasteiger partial charge in [0, 0.05) is 5.03 Å². The standard InChI is InChI=1S/C13H15Cl/c1-3-9-5-6-12-11(7-9)8-10(4-2)13(12)14/h5-7H,3-4,8H2,1-2H3. The molecule has 1 aromatic carbocycles. The Morgan fingerprint density at radius 1 is 1.21 bits per heavy atom. The summed E-state index contributed by atoms with van der Waals surface area (Å²) >= 11 is 6.28. The van der Waals surface area contributed by atoms with Crippen LogP contribution in [0.4, 0.5) is 0 Å². The van der Waals surface area contributed by atoms with Gasteiger partial charge in [-0.15, -0.1) is 0 Å². The summed E-state index contributed by atoms with van der Waals surface area (Å²) in [5.74, 6) is 0. The molecule has 0 radical (unpaired) electrons. The monoisotopic (exact) mass is 206 g/mol. The number of rotatable bonds is 2. The molecule has 0 heterocycles. The van der Waals surface area contributed by atoms with Gasteiger partial charge in [-0.2, -0.15) is 0 Å². The van der Waals surface area contributed by atoms with Crippen molar-refractivity contribution in [2.24, 2.45) is 0 Å². The molecule has 2 rings (SSSR count). The number of halogens is 1. The van der Waals surface area contributed by atoms with E-state index in [-0.39, 0.29) is 0 Å². The van der Waals surface area contributed by atoms with Gasteiger partial charge in [0.2, 0.25) is 0 Å². The second kappa shape index (κ2) is 3.78. The first-order chi connectivity index (χ1) is 6.76. The van der Waals surface area contributed by atoms with Gasteiger partial charge in [0.1, 0.15) is 0 Å². The first-order valence-corrected chi connectivity index (χ1v) is 5.63. The molecule has 0 amide bonds. The maximum absolute atomic E-state index is 6.28.